The first kappa shape index (κ1) is 22.9. The number of carbonyl (C=O) groups excluding carboxylic acids is 1. The Hall–Kier alpha value is -3.81. The quantitative estimate of drug-likeness (QED) is 0.578. The van der Waals surface area contributed by atoms with Crippen molar-refractivity contribution < 1.29 is 31.1 Å². The monoisotopic (exact) mass is 460 g/mol. The molecule has 0 spiro atoms. The molecule has 0 heterocycles. The van der Waals surface area contributed by atoms with Gasteiger partial charge in [-0.15, -0.1) is 13.2 Å². The number of halogens is 3. The van der Waals surface area contributed by atoms with Gasteiger partial charge >= 0.3 is 6.36 Å². The number of primary sulfonamides is 1. The predicted octanol–water partition coefficient (Wildman–Crippen LogP) is 3.88. The molecule has 0 bridgehead atoms. The largest absolute Gasteiger partial charge is 0.573 e. The van der Waals surface area contributed by atoms with Crippen molar-refractivity contribution in [3.05, 3.63) is 89.5 Å². The van der Waals surface area contributed by atoms with E-state index in [0.29, 0.717) is 11.1 Å². The third-order valence-electron chi connectivity index (χ3n) is 4.04. The minimum Gasteiger partial charge on any atom is -0.406 e. The SMILES string of the molecule is NS(=O)(=O)c1ccccc1NC(=O)c1ccccc1C#Cc1ccc(OC(F)(F)F)cc1. The maximum atomic E-state index is 12.8. The summed E-state index contributed by atoms with van der Waals surface area (Å²) in [5.74, 6) is 4.57. The van der Waals surface area contributed by atoms with Crippen molar-refractivity contribution in [1.29, 1.82) is 0 Å². The molecule has 10 heteroatoms. The van der Waals surface area contributed by atoms with Gasteiger partial charge in [0, 0.05) is 11.1 Å². The van der Waals surface area contributed by atoms with Gasteiger partial charge in [0.05, 0.1) is 11.3 Å². The molecule has 0 atom stereocenters. The van der Waals surface area contributed by atoms with Crippen LogP contribution in [0.5, 0.6) is 5.75 Å². The second-order valence-electron chi connectivity index (χ2n) is 6.36. The van der Waals surface area contributed by atoms with Gasteiger partial charge in [0.25, 0.3) is 5.91 Å². The van der Waals surface area contributed by atoms with Crippen LogP contribution >= 0.6 is 0 Å². The zero-order valence-corrected chi connectivity index (χ0v) is 17.0. The summed E-state index contributed by atoms with van der Waals surface area (Å²) in [6, 6.07) is 17.0. The zero-order valence-electron chi connectivity index (χ0n) is 16.2. The molecular weight excluding hydrogens is 445 g/mol. The number of amides is 1. The minimum atomic E-state index is -4.79. The second kappa shape index (κ2) is 9.13. The van der Waals surface area contributed by atoms with Gasteiger partial charge in [-0.2, -0.15) is 0 Å². The van der Waals surface area contributed by atoms with Gasteiger partial charge < -0.3 is 10.1 Å². The highest BCUT2D eigenvalue weighted by atomic mass is 32.2. The number of rotatable bonds is 4. The maximum absolute atomic E-state index is 12.8. The molecule has 0 fully saturated rings. The Morgan fingerprint density at radius 3 is 2.19 bits per heavy atom. The molecule has 3 aromatic carbocycles. The lowest BCUT2D eigenvalue weighted by atomic mass is 10.1. The van der Waals surface area contributed by atoms with E-state index in [2.05, 4.69) is 21.9 Å². The maximum Gasteiger partial charge on any atom is 0.573 e. The van der Waals surface area contributed by atoms with Gasteiger partial charge in [-0.25, -0.2) is 13.6 Å². The van der Waals surface area contributed by atoms with Gasteiger partial charge in [0.1, 0.15) is 10.6 Å². The summed E-state index contributed by atoms with van der Waals surface area (Å²) in [5, 5.41) is 7.70. The molecule has 6 nitrogen and oxygen atoms in total. The van der Waals surface area contributed by atoms with Gasteiger partial charge in [-0.1, -0.05) is 36.1 Å². The molecule has 164 valence electrons. The van der Waals surface area contributed by atoms with Crippen molar-refractivity contribution in [3.8, 4) is 17.6 Å². The van der Waals surface area contributed by atoms with E-state index in [4.69, 9.17) is 5.14 Å². The number of carbonyl (C=O) groups is 1. The number of alkyl halides is 3. The Morgan fingerprint density at radius 1 is 0.906 bits per heavy atom. The van der Waals surface area contributed by atoms with Crippen LogP contribution in [-0.2, 0) is 10.0 Å². The smallest absolute Gasteiger partial charge is 0.406 e. The predicted molar refractivity (Wildman–Crippen MR) is 111 cm³/mol. The number of benzene rings is 3. The van der Waals surface area contributed by atoms with E-state index >= 15 is 0 Å². The van der Waals surface area contributed by atoms with Crippen LogP contribution in [-0.4, -0.2) is 20.7 Å². The lowest BCUT2D eigenvalue weighted by molar-refractivity contribution is -0.274. The molecule has 0 aromatic heterocycles. The summed E-state index contributed by atoms with van der Waals surface area (Å²) in [5.41, 5.74) is 0.910. The van der Waals surface area contributed by atoms with E-state index in [9.17, 15) is 26.4 Å². The standard InChI is InChI=1S/C22H15F3N2O4S/c23-22(24,25)31-17-13-10-15(11-14-17)9-12-16-5-1-2-6-18(16)21(28)27-19-7-3-4-8-20(19)32(26,29)30/h1-8,10-11,13-14H,(H,27,28)(H2,26,29,30). The van der Waals surface area contributed by atoms with Crippen molar-refractivity contribution in [2.75, 3.05) is 5.32 Å². The van der Waals surface area contributed by atoms with Crippen LogP contribution in [0.25, 0.3) is 0 Å². The van der Waals surface area contributed by atoms with E-state index in [1.807, 2.05) is 0 Å². The van der Waals surface area contributed by atoms with Crippen molar-refractivity contribution >= 4 is 21.6 Å². The first-order valence-corrected chi connectivity index (χ1v) is 10.5. The highest BCUT2D eigenvalue weighted by Gasteiger charge is 2.30. The normalized spacial score (nSPS) is 11.2. The first-order valence-electron chi connectivity index (χ1n) is 8.93. The van der Waals surface area contributed by atoms with Crippen LogP contribution in [0, 0.1) is 11.8 Å². The molecule has 32 heavy (non-hydrogen) atoms. The van der Waals surface area contributed by atoms with Crippen LogP contribution in [0.1, 0.15) is 21.5 Å². The molecule has 0 radical (unpaired) electrons. The van der Waals surface area contributed by atoms with Crippen molar-refractivity contribution in [2.24, 2.45) is 5.14 Å². The molecule has 0 aliphatic rings. The fourth-order valence-corrected chi connectivity index (χ4v) is 3.37. The molecule has 0 saturated heterocycles. The van der Waals surface area contributed by atoms with E-state index in [1.54, 1.807) is 24.3 Å². The molecule has 3 aromatic rings. The number of nitrogens with one attached hydrogen (secondary N) is 1. The summed E-state index contributed by atoms with van der Waals surface area (Å²) < 4.78 is 64.0. The highest BCUT2D eigenvalue weighted by molar-refractivity contribution is 7.89. The average Bonchev–Trinajstić information content (AvgIpc) is 2.72. The van der Waals surface area contributed by atoms with Crippen molar-refractivity contribution in [2.45, 2.75) is 11.3 Å². The fraction of sp³-hybridized carbons (Fsp3) is 0.0455. The van der Waals surface area contributed by atoms with Crippen LogP contribution in [0.4, 0.5) is 18.9 Å². The average molecular weight is 460 g/mol. The number of ether oxygens (including phenoxy) is 1. The first-order chi connectivity index (χ1) is 15.0. The van der Waals surface area contributed by atoms with E-state index in [0.717, 1.165) is 12.1 Å². The number of anilines is 1. The number of hydrogen-bond donors (Lipinski definition) is 2. The number of hydrogen-bond acceptors (Lipinski definition) is 4. The summed E-state index contributed by atoms with van der Waals surface area (Å²) >= 11 is 0. The summed E-state index contributed by atoms with van der Waals surface area (Å²) in [7, 11) is -4.06. The lowest BCUT2D eigenvalue weighted by Crippen LogP contribution is -2.19. The molecule has 0 unspecified atom stereocenters. The summed E-state index contributed by atoms with van der Waals surface area (Å²) in [4.78, 5) is 12.5. The molecule has 0 aliphatic carbocycles. The Kier molecular flexibility index (Phi) is 6.53. The third-order valence-corrected chi connectivity index (χ3v) is 5.01. The van der Waals surface area contributed by atoms with E-state index in [1.165, 1.54) is 36.4 Å². The Balaban J connectivity index is 1.84. The van der Waals surface area contributed by atoms with Gasteiger partial charge in [-0.3, -0.25) is 4.79 Å². The van der Waals surface area contributed by atoms with Crippen molar-refractivity contribution in [3.63, 3.8) is 0 Å². The Labute approximate surface area is 181 Å². The molecule has 3 N–H and O–H groups in total. The minimum absolute atomic E-state index is 0.0167. The van der Waals surface area contributed by atoms with Gasteiger partial charge in [0.2, 0.25) is 10.0 Å². The van der Waals surface area contributed by atoms with Crippen LogP contribution in [0.15, 0.2) is 77.7 Å². The number of sulfonamides is 1. The topological polar surface area (TPSA) is 98.5 Å². The number of para-hydroxylation sites is 1. The van der Waals surface area contributed by atoms with Crippen LogP contribution in [0.3, 0.4) is 0 Å². The summed E-state index contributed by atoms with van der Waals surface area (Å²) in [6.07, 6.45) is -4.79. The second-order valence-corrected chi connectivity index (χ2v) is 7.89. The highest BCUT2D eigenvalue weighted by Crippen LogP contribution is 2.23. The van der Waals surface area contributed by atoms with Crippen LogP contribution in [0.2, 0.25) is 0 Å². The zero-order chi connectivity index (χ0) is 23.4. The van der Waals surface area contributed by atoms with Gasteiger partial charge in [0.15, 0.2) is 0 Å². The molecule has 1 amide bonds. The Bertz CT molecular complexity index is 1310. The lowest BCUT2D eigenvalue weighted by Gasteiger charge is -2.10. The fourth-order valence-electron chi connectivity index (χ4n) is 2.68. The van der Waals surface area contributed by atoms with Gasteiger partial charge in [-0.05, 0) is 48.5 Å². The van der Waals surface area contributed by atoms with E-state index in [-0.39, 0.29) is 21.9 Å². The molecule has 0 aliphatic heterocycles. The summed E-state index contributed by atoms with van der Waals surface area (Å²) in [6.45, 7) is 0. The molecule has 0 saturated carbocycles. The Morgan fingerprint density at radius 2 is 1.53 bits per heavy atom. The third kappa shape index (κ3) is 6.10. The van der Waals surface area contributed by atoms with E-state index < -0.39 is 22.3 Å². The van der Waals surface area contributed by atoms with Crippen LogP contribution < -0.4 is 15.2 Å². The molecular formula is C22H15F3N2O4S. The van der Waals surface area contributed by atoms with Crippen molar-refractivity contribution in [1.82, 2.24) is 0 Å². The number of nitrogens with two attached hydrogens (primary N) is 1. The molecule has 3 rings (SSSR count).